The maximum Gasteiger partial charge on any atom is 0.253 e. The Bertz CT molecular complexity index is 1180. The summed E-state index contributed by atoms with van der Waals surface area (Å²) in [4.78, 5) is 30.8. The fourth-order valence-electron chi connectivity index (χ4n) is 7.03. The van der Waals surface area contributed by atoms with Crippen LogP contribution in [0.2, 0.25) is 0 Å². The molecule has 2 aromatic rings. The van der Waals surface area contributed by atoms with Crippen LogP contribution in [0.25, 0.3) is 0 Å². The Morgan fingerprint density at radius 1 is 1.24 bits per heavy atom. The number of hydrogen-bond donors (Lipinski definition) is 2. The molecule has 0 radical (unpaired) electrons. The van der Waals surface area contributed by atoms with Gasteiger partial charge in [0.2, 0.25) is 0 Å². The summed E-state index contributed by atoms with van der Waals surface area (Å²) in [7, 11) is 4.02. The number of H-pyrrole nitrogens is 1. The topological polar surface area (TPSA) is 74.4 Å². The van der Waals surface area contributed by atoms with Crippen molar-refractivity contribution in [1.29, 1.82) is 0 Å². The van der Waals surface area contributed by atoms with Crippen LogP contribution in [0.4, 0.5) is 0 Å². The van der Waals surface area contributed by atoms with Crippen molar-refractivity contribution in [2.45, 2.75) is 85.2 Å². The maximum atomic E-state index is 13.1. The number of aryl methyl sites for hydroxylation is 2. The Balaban J connectivity index is 1.37. The number of amides is 1. The lowest BCUT2D eigenvalue weighted by Crippen LogP contribution is -2.38. The Morgan fingerprint density at radius 2 is 1.97 bits per heavy atom. The SMILES string of the molecule is CCC(Cc1cccc(C(=O)NCc2c(C)cc(C)[nH]c2=O)c1C)C1CC12CCC(N(C)CCOC)CC2. The summed E-state index contributed by atoms with van der Waals surface area (Å²) in [5, 5.41) is 2.99. The molecular weight excluding hydrogens is 474 g/mol. The van der Waals surface area contributed by atoms with E-state index in [1.54, 1.807) is 7.11 Å². The molecule has 1 heterocycles. The molecule has 2 saturated carbocycles. The molecule has 1 spiro atoms. The van der Waals surface area contributed by atoms with E-state index in [9.17, 15) is 9.59 Å². The van der Waals surface area contributed by atoms with Crippen LogP contribution < -0.4 is 10.9 Å². The van der Waals surface area contributed by atoms with Gasteiger partial charge in [0.05, 0.1) is 6.61 Å². The van der Waals surface area contributed by atoms with Gasteiger partial charge in [-0.1, -0.05) is 25.5 Å². The van der Waals surface area contributed by atoms with Crippen LogP contribution in [0.3, 0.4) is 0 Å². The van der Waals surface area contributed by atoms with Crippen molar-refractivity contribution < 1.29 is 9.53 Å². The highest BCUT2D eigenvalue weighted by atomic mass is 16.5. The Hall–Kier alpha value is -2.44. The second-order valence-electron chi connectivity index (χ2n) is 12.0. The molecule has 1 aromatic heterocycles. The second kappa shape index (κ2) is 12.2. The zero-order chi connectivity index (χ0) is 27.4. The molecular formula is C32H47N3O3. The lowest BCUT2D eigenvalue weighted by atomic mass is 9.77. The number of aromatic amines is 1. The molecule has 6 heteroatoms. The van der Waals surface area contributed by atoms with Crippen LogP contribution in [0, 0.1) is 38.0 Å². The fourth-order valence-corrected chi connectivity index (χ4v) is 7.03. The maximum absolute atomic E-state index is 13.1. The number of pyridine rings is 1. The van der Waals surface area contributed by atoms with Gasteiger partial charge in [-0.25, -0.2) is 0 Å². The summed E-state index contributed by atoms with van der Waals surface area (Å²) in [6, 6.07) is 8.74. The lowest BCUT2D eigenvalue weighted by Gasteiger charge is -2.36. The van der Waals surface area contributed by atoms with Crippen molar-refractivity contribution in [1.82, 2.24) is 15.2 Å². The van der Waals surface area contributed by atoms with Gasteiger partial charge in [-0.3, -0.25) is 9.59 Å². The minimum atomic E-state index is -0.131. The van der Waals surface area contributed by atoms with E-state index >= 15 is 0 Å². The van der Waals surface area contributed by atoms with E-state index in [0.29, 0.717) is 28.5 Å². The van der Waals surface area contributed by atoms with Crippen molar-refractivity contribution in [2.24, 2.45) is 17.3 Å². The molecule has 0 bridgehead atoms. The van der Waals surface area contributed by atoms with Crippen molar-refractivity contribution in [3.63, 3.8) is 0 Å². The van der Waals surface area contributed by atoms with Gasteiger partial charge in [-0.05, 0) is 112 Å². The van der Waals surface area contributed by atoms with E-state index in [-0.39, 0.29) is 18.0 Å². The number of carbonyl (C=O) groups excluding carboxylic acids is 1. The number of aromatic nitrogens is 1. The molecule has 6 nitrogen and oxygen atoms in total. The van der Waals surface area contributed by atoms with Crippen LogP contribution in [0.15, 0.2) is 29.1 Å². The van der Waals surface area contributed by atoms with Gasteiger partial charge in [0.15, 0.2) is 0 Å². The van der Waals surface area contributed by atoms with E-state index < -0.39 is 0 Å². The first-order valence-corrected chi connectivity index (χ1v) is 14.4. The highest BCUT2D eigenvalue weighted by molar-refractivity contribution is 5.95. The Kier molecular flexibility index (Phi) is 9.15. The Labute approximate surface area is 228 Å². The average Bonchev–Trinajstić information content (AvgIpc) is 3.58. The first-order valence-electron chi connectivity index (χ1n) is 14.4. The van der Waals surface area contributed by atoms with E-state index in [1.807, 2.05) is 32.0 Å². The van der Waals surface area contributed by atoms with Crippen LogP contribution in [-0.4, -0.2) is 49.1 Å². The second-order valence-corrected chi connectivity index (χ2v) is 12.0. The third-order valence-corrected chi connectivity index (χ3v) is 9.66. The van der Waals surface area contributed by atoms with Gasteiger partial charge in [-0.15, -0.1) is 0 Å². The zero-order valence-corrected chi connectivity index (χ0v) is 24.3. The number of hydrogen-bond acceptors (Lipinski definition) is 4. The van der Waals surface area contributed by atoms with E-state index in [1.165, 1.54) is 44.1 Å². The highest BCUT2D eigenvalue weighted by Crippen LogP contribution is 2.65. The average molecular weight is 522 g/mol. The van der Waals surface area contributed by atoms with Gasteiger partial charge < -0.3 is 19.9 Å². The summed E-state index contributed by atoms with van der Waals surface area (Å²) in [6.45, 7) is 10.2. The van der Waals surface area contributed by atoms with Crippen LogP contribution in [0.1, 0.15) is 83.8 Å². The first-order chi connectivity index (χ1) is 18.2. The Morgan fingerprint density at radius 3 is 2.63 bits per heavy atom. The zero-order valence-electron chi connectivity index (χ0n) is 24.3. The summed E-state index contributed by atoms with van der Waals surface area (Å²) in [5.41, 5.74) is 5.81. The highest BCUT2D eigenvalue weighted by Gasteiger charge is 2.57. The molecule has 2 N–H and O–H groups in total. The minimum absolute atomic E-state index is 0.115. The van der Waals surface area contributed by atoms with Gasteiger partial charge >= 0.3 is 0 Å². The molecule has 0 aliphatic heterocycles. The number of likely N-dealkylation sites (N-methyl/N-ethyl adjacent to an activating group) is 1. The minimum Gasteiger partial charge on any atom is -0.383 e. The molecule has 2 unspecified atom stereocenters. The standard InChI is InChI=1S/C32H47N3O3/c1-7-24(29-19-32(29)13-11-26(12-14-32)35(5)15-16-38-6)18-25-9-8-10-27(23(25)4)30(36)33-20-28-21(2)17-22(3)34-31(28)37/h8-10,17,24,26,29H,7,11-16,18-20H2,1-6H3,(H,33,36)(H,34,37). The molecule has 2 atom stereocenters. The van der Waals surface area contributed by atoms with Gasteiger partial charge in [0.25, 0.3) is 11.5 Å². The van der Waals surface area contributed by atoms with Crippen LogP contribution in [-0.2, 0) is 17.7 Å². The van der Waals surface area contributed by atoms with Crippen LogP contribution >= 0.6 is 0 Å². The molecule has 0 saturated heterocycles. The largest absolute Gasteiger partial charge is 0.383 e. The molecule has 1 aromatic carbocycles. The number of nitrogens with one attached hydrogen (secondary N) is 2. The van der Waals surface area contributed by atoms with Gasteiger partial charge in [0.1, 0.15) is 0 Å². The summed E-state index contributed by atoms with van der Waals surface area (Å²) in [5.74, 6) is 1.34. The summed E-state index contributed by atoms with van der Waals surface area (Å²) in [6.07, 6.45) is 8.85. The normalized spacial score (nSPS) is 23.6. The number of carbonyl (C=O) groups is 1. The monoisotopic (exact) mass is 521 g/mol. The third-order valence-electron chi connectivity index (χ3n) is 9.66. The number of ether oxygens (including phenoxy) is 1. The number of rotatable bonds is 11. The van der Waals surface area contributed by atoms with Crippen LogP contribution in [0.5, 0.6) is 0 Å². The van der Waals surface area contributed by atoms with E-state index in [2.05, 4.69) is 42.2 Å². The van der Waals surface area contributed by atoms with Gasteiger partial charge in [-0.2, -0.15) is 0 Å². The quantitative estimate of drug-likeness (QED) is 0.419. The molecule has 4 rings (SSSR count). The smallest absolute Gasteiger partial charge is 0.253 e. The molecule has 2 aliphatic rings. The first kappa shape index (κ1) is 28.6. The third kappa shape index (κ3) is 6.23. The molecule has 1 amide bonds. The molecule has 2 aliphatic carbocycles. The van der Waals surface area contributed by atoms with Crippen molar-refractivity contribution in [3.8, 4) is 0 Å². The summed E-state index contributed by atoms with van der Waals surface area (Å²) >= 11 is 0. The van der Waals surface area contributed by atoms with E-state index in [0.717, 1.165) is 42.3 Å². The lowest BCUT2D eigenvalue weighted by molar-refractivity contribution is 0.0950. The molecule has 2 fully saturated rings. The summed E-state index contributed by atoms with van der Waals surface area (Å²) < 4.78 is 5.28. The predicted molar refractivity (Wildman–Crippen MR) is 154 cm³/mol. The number of nitrogens with zero attached hydrogens (tertiary/aromatic N) is 1. The fraction of sp³-hybridized carbons (Fsp3) is 0.625. The molecule has 208 valence electrons. The van der Waals surface area contributed by atoms with Crippen molar-refractivity contribution in [3.05, 3.63) is 68.1 Å². The molecule has 38 heavy (non-hydrogen) atoms. The predicted octanol–water partition coefficient (Wildman–Crippen LogP) is 5.33. The van der Waals surface area contributed by atoms with Gasteiger partial charge in [0, 0.05) is 43.1 Å². The van der Waals surface area contributed by atoms with E-state index in [4.69, 9.17) is 4.74 Å². The van der Waals surface area contributed by atoms with Crippen molar-refractivity contribution in [2.75, 3.05) is 27.3 Å². The number of methoxy groups -OCH3 is 1. The van der Waals surface area contributed by atoms with Crippen molar-refractivity contribution >= 4 is 5.91 Å². The number of benzene rings is 1.